The number of carbonyl (C=O) groups excluding carboxylic acids is 1. The van der Waals surface area contributed by atoms with E-state index in [1.807, 2.05) is 20.8 Å². The van der Waals surface area contributed by atoms with Crippen molar-refractivity contribution in [2.75, 3.05) is 17.7 Å². The van der Waals surface area contributed by atoms with Crippen LogP contribution in [0.5, 0.6) is 0 Å². The summed E-state index contributed by atoms with van der Waals surface area (Å²) in [5.74, 6) is 0.671. The third-order valence-corrected chi connectivity index (χ3v) is 6.48. The molecule has 2 aromatic rings. The number of esters is 1. The van der Waals surface area contributed by atoms with Crippen LogP contribution in [0, 0.1) is 5.41 Å². The molecule has 1 fully saturated rings. The highest BCUT2D eigenvalue weighted by Gasteiger charge is 2.27. The zero-order valence-corrected chi connectivity index (χ0v) is 17.7. The molecule has 0 spiro atoms. The summed E-state index contributed by atoms with van der Waals surface area (Å²) in [4.78, 5) is 20.3. The van der Waals surface area contributed by atoms with E-state index < -0.39 is 5.41 Å². The van der Waals surface area contributed by atoms with Gasteiger partial charge in [-0.15, -0.1) is 11.8 Å². The van der Waals surface area contributed by atoms with Gasteiger partial charge in [-0.1, -0.05) is 25.0 Å². The lowest BCUT2D eigenvalue weighted by Crippen LogP contribution is -2.26. The molecule has 1 aromatic carbocycles. The van der Waals surface area contributed by atoms with Crippen LogP contribution < -0.4 is 5.32 Å². The molecule has 1 atom stereocenters. The number of anilines is 1. The normalized spacial score (nSPS) is 20.5. The van der Waals surface area contributed by atoms with Gasteiger partial charge in [-0.05, 0) is 45.7 Å². The number of hydrogen-bond acceptors (Lipinski definition) is 5. The average molecular weight is 400 g/mol. The second-order valence-electron chi connectivity index (χ2n) is 8.83. The standard InChI is InChI=1S/C22H29N3O2S/c1-22(2,3)21(26)27-12-16-13-28-20(24-16)18-11-14-7-6-10-17(19(14)25-18)23-15-8-4-5-9-15/h6-7,10-11,15-16,23,25H,4-5,8-9,12-13H2,1-3H3/t16-/m1/s1. The molecule has 0 unspecified atom stereocenters. The molecule has 0 amide bonds. The van der Waals surface area contributed by atoms with Gasteiger partial charge in [0.25, 0.3) is 0 Å². The summed E-state index contributed by atoms with van der Waals surface area (Å²) < 4.78 is 5.45. The lowest BCUT2D eigenvalue weighted by atomic mass is 9.97. The first-order valence-corrected chi connectivity index (χ1v) is 11.2. The van der Waals surface area contributed by atoms with Crippen molar-refractivity contribution in [2.45, 2.75) is 58.5 Å². The Kier molecular flexibility index (Phi) is 5.41. The number of benzene rings is 1. The Balaban J connectivity index is 1.47. The van der Waals surface area contributed by atoms with Gasteiger partial charge >= 0.3 is 5.97 Å². The third kappa shape index (κ3) is 4.22. The van der Waals surface area contributed by atoms with Crippen LogP contribution in [0.2, 0.25) is 0 Å². The van der Waals surface area contributed by atoms with Crippen molar-refractivity contribution in [3.63, 3.8) is 0 Å². The van der Waals surface area contributed by atoms with E-state index in [2.05, 4.69) is 34.6 Å². The van der Waals surface area contributed by atoms with Crippen LogP contribution in [-0.2, 0) is 9.53 Å². The molecular formula is C22H29N3O2S. The SMILES string of the molecule is CC(C)(C)C(=O)OC[C@@H]1CSC(c2cc3cccc(NC4CCCC4)c3[nH]2)=N1. The molecule has 4 rings (SSSR count). The quantitative estimate of drug-likeness (QED) is 0.697. The highest BCUT2D eigenvalue weighted by Crippen LogP contribution is 2.31. The van der Waals surface area contributed by atoms with E-state index in [0.717, 1.165) is 22.0 Å². The Bertz CT molecular complexity index is 891. The van der Waals surface area contributed by atoms with Crippen molar-refractivity contribution < 1.29 is 9.53 Å². The van der Waals surface area contributed by atoms with Gasteiger partial charge in [0.15, 0.2) is 0 Å². The highest BCUT2D eigenvalue weighted by atomic mass is 32.2. The molecule has 1 aromatic heterocycles. The van der Waals surface area contributed by atoms with Gasteiger partial charge in [0.2, 0.25) is 0 Å². The molecule has 0 bridgehead atoms. The largest absolute Gasteiger partial charge is 0.463 e. The van der Waals surface area contributed by atoms with Crippen LogP contribution in [0.15, 0.2) is 29.3 Å². The number of rotatable bonds is 5. The van der Waals surface area contributed by atoms with Gasteiger partial charge in [-0.25, -0.2) is 0 Å². The van der Waals surface area contributed by atoms with Crippen LogP contribution in [0.1, 0.15) is 52.1 Å². The van der Waals surface area contributed by atoms with E-state index in [1.165, 1.54) is 36.8 Å². The topological polar surface area (TPSA) is 66.5 Å². The average Bonchev–Trinajstić information content (AvgIpc) is 3.39. The number of nitrogens with one attached hydrogen (secondary N) is 2. The van der Waals surface area contributed by atoms with Gasteiger partial charge < -0.3 is 15.0 Å². The minimum atomic E-state index is -0.474. The first-order chi connectivity index (χ1) is 13.4. The Morgan fingerprint density at radius 2 is 2.11 bits per heavy atom. The first-order valence-electron chi connectivity index (χ1n) is 10.2. The first kappa shape index (κ1) is 19.4. The Morgan fingerprint density at radius 3 is 2.86 bits per heavy atom. The van der Waals surface area contributed by atoms with E-state index in [9.17, 15) is 4.79 Å². The Labute approximate surface area is 170 Å². The highest BCUT2D eigenvalue weighted by molar-refractivity contribution is 8.14. The number of para-hydroxylation sites is 1. The molecule has 150 valence electrons. The van der Waals surface area contributed by atoms with Crippen LogP contribution in [0.25, 0.3) is 10.9 Å². The van der Waals surface area contributed by atoms with Crippen molar-refractivity contribution in [3.8, 4) is 0 Å². The summed E-state index contributed by atoms with van der Waals surface area (Å²) in [7, 11) is 0. The van der Waals surface area contributed by atoms with Crippen LogP contribution >= 0.6 is 11.8 Å². The number of nitrogens with zero attached hydrogens (tertiary/aromatic N) is 1. The number of fused-ring (bicyclic) bond motifs is 1. The fourth-order valence-corrected chi connectivity index (χ4v) is 4.73. The van der Waals surface area contributed by atoms with Crippen LogP contribution in [-0.4, -0.2) is 40.4 Å². The van der Waals surface area contributed by atoms with Gasteiger partial charge in [0.1, 0.15) is 11.7 Å². The number of ether oxygens (including phenoxy) is 1. The maximum Gasteiger partial charge on any atom is 0.311 e. The van der Waals surface area contributed by atoms with Gasteiger partial charge in [-0.3, -0.25) is 9.79 Å². The van der Waals surface area contributed by atoms with E-state index >= 15 is 0 Å². The van der Waals surface area contributed by atoms with Crippen LogP contribution in [0.4, 0.5) is 5.69 Å². The molecule has 0 radical (unpaired) electrons. The number of H-pyrrole nitrogens is 1. The predicted octanol–water partition coefficient (Wildman–Crippen LogP) is 4.97. The second-order valence-corrected chi connectivity index (χ2v) is 9.83. The summed E-state index contributed by atoms with van der Waals surface area (Å²) >= 11 is 1.72. The number of thioether (sulfide) groups is 1. The van der Waals surface area contributed by atoms with Crippen molar-refractivity contribution in [1.82, 2.24) is 4.98 Å². The number of aliphatic imine (C=N–C) groups is 1. The molecule has 6 heteroatoms. The monoisotopic (exact) mass is 399 g/mol. The van der Waals surface area contributed by atoms with Gasteiger partial charge in [0, 0.05) is 17.2 Å². The Hall–Kier alpha value is -1.95. The zero-order chi connectivity index (χ0) is 19.7. The molecule has 28 heavy (non-hydrogen) atoms. The van der Waals surface area contributed by atoms with Crippen molar-refractivity contribution in [2.24, 2.45) is 10.4 Å². The van der Waals surface area contributed by atoms with E-state index in [1.54, 1.807) is 11.8 Å². The summed E-state index contributed by atoms with van der Waals surface area (Å²) in [5, 5.41) is 5.91. The van der Waals surface area contributed by atoms with E-state index in [4.69, 9.17) is 9.73 Å². The summed E-state index contributed by atoms with van der Waals surface area (Å²) in [5.41, 5.74) is 2.90. The molecule has 2 heterocycles. The molecular weight excluding hydrogens is 370 g/mol. The fraction of sp³-hybridized carbons (Fsp3) is 0.545. The number of carbonyl (C=O) groups is 1. The number of aromatic nitrogens is 1. The lowest BCUT2D eigenvalue weighted by Gasteiger charge is -2.17. The molecule has 1 saturated carbocycles. The van der Waals surface area contributed by atoms with Gasteiger partial charge in [0.05, 0.1) is 28.4 Å². The molecule has 0 saturated heterocycles. The Morgan fingerprint density at radius 1 is 1.32 bits per heavy atom. The van der Waals surface area contributed by atoms with E-state index in [0.29, 0.717) is 12.6 Å². The minimum Gasteiger partial charge on any atom is -0.463 e. The fourth-order valence-electron chi connectivity index (χ4n) is 3.72. The molecule has 1 aliphatic carbocycles. The maximum atomic E-state index is 12.0. The lowest BCUT2D eigenvalue weighted by molar-refractivity contribution is -0.153. The van der Waals surface area contributed by atoms with Crippen molar-refractivity contribution in [1.29, 1.82) is 0 Å². The summed E-state index contributed by atoms with van der Waals surface area (Å²) in [6.45, 7) is 5.96. The zero-order valence-electron chi connectivity index (χ0n) is 16.9. The van der Waals surface area contributed by atoms with Crippen molar-refractivity contribution >= 4 is 39.4 Å². The molecule has 2 N–H and O–H groups in total. The van der Waals surface area contributed by atoms with Gasteiger partial charge in [-0.2, -0.15) is 0 Å². The van der Waals surface area contributed by atoms with E-state index in [-0.39, 0.29) is 12.0 Å². The predicted molar refractivity (Wildman–Crippen MR) is 117 cm³/mol. The summed E-state index contributed by atoms with van der Waals surface area (Å²) in [6.07, 6.45) is 5.14. The molecule has 1 aliphatic heterocycles. The third-order valence-electron chi connectivity index (χ3n) is 5.33. The molecule has 5 nitrogen and oxygen atoms in total. The summed E-state index contributed by atoms with van der Waals surface area (Å²) in [6, 6.07) is 9.17. The second kappa shape index (κ2) is 7.82. The number of hydrogen-bond donors (Lipinski definition) is 2. The smallest absolute Gasteiger partial charge is 0.311 e. The van der Waals surface area contributed by atoms with Crippen molar-refractivity contribution in [3.05, 3.63) is 30.0 Å². The maximum absolute atomic E-state index is 12.0. The molecule has 2 aliphatic rings. The minimum absolute atomic E-state index is 0.0220. The van der Waals surface area contributed by atoms with Crippen LogP contribution in [0.3, 0.4) is 0 Å². The number of aromatic amines is 1.